The van der Waals surface area contributed by atoms with Crippen LogP contribution in [0.15, 0.2) is 78.9 Å². The number of fused-ring (bicyclic) bond motifs is 1. The molecule has 0 unspecified atom stereocenters. The van der Waals surface area contributed by atoms with Gasteiger partial charge in [0, 0.05) is 24.8 Å². The maximum absolute atomic E-state index is 13.6. The number of imide groups is 1. The van der Waals surface area contributed by atoms with Crippen molar-refractivity contribution in [3.8, 4) is 0 Å². The molecule has 3 aromatic rings. The maximum Gasteiger partial charge on any atom is 0.266 e. The summed E-state index contributed by atoms with van der Waals surface area (Å²) in [4.78, 5) is 36.2. The Morgan fingerprint density at radius 2 is 1.47 bits per heavy atom. The highest BCUT2D eigenvalue weighted by Crippen LogP contribution is 2.47. The fourth-order valence-corrected chi connectivity index (χ4v) is 4.49. The van der Waals surface area contributed by atoms with Crippen molar-refractivity contribution in [3.63, 3.8) is 0 Å². The number of carbonyl (C=O) groups excluding carboxylic acids is 2. The number of halogens is 1. The molecule has 6 nitrogen and oxygen atoms in total. The van der Waals surface area contributed by atoms with Gasteiger partial charge < -0.3 is 4.90 Å². The summed E-state index contributed by atoms with van der Waals surface area (Å²) in [6.45, 7) is 0. The lowest BCUT2D eigenvalue weighted by Gasteiger charge is -2.29. The van der Waals surface area contributed by atoms with Crippen molar-refractivity contribution in [2.75, 3.05) is 29.0 Å². The number of benzene rings is 3. The minimum Gasteiger partial charge on any atom is -0.378 e. The summed E-state index contributed by atoms with van der Waals surface area (Å²) in [6, 6.07) is 23.7. The Hall–Kier alpha value is -3.35. The van der Waals surface area contributed by atoms with Gasteiger partial charge in [0.2, 0.25) is 5.91 Å². The molecule has 2 saturated heterocycles. The number of hydrogen-bond acceptors (Lipinski definition) is 5. The van der Waals surface area contributed by atoms with Crippen LogP contribution < -0.4 is 14.9 Å². The summed E-state index contributed by atoms with van der Waals surface area (Å²) in [5.74, 6) is -1.27. The Kier molecular flexibility index (Phi) is 5.12. The molecule has 3 atom stereocenters. The number of anilines is 3. The van der Waals surface area contributed by atoms with Crippen molar-refractivity contribution in [2.45, 2.75) is 12.1 Å². The van der Waals surface area contributed by atoms with Crippen molar-refractivity contribution in [3.05, 3.63) is 89.4 Å². The molecule has 0 spiro atoms. The molecule has 0 saturated carbocycles. The minimum atomic E-state index is -0.892. The lowest BCUT2D eigenvalue weighted by atomic mass is 9.90. The highest BCUT2D eigenvalue weighted by atomic mass is 35.5. The van der Waals surface area contributed by atoms with Gasteiger partial charge in [-0.1, -0.05) is 41.9 Å². The lowest BCUT2D eigenvalue weighted by Crippen LogP contribution is -2.37. The summed E-state index contributed by atoms with van der Waals surface area (Å²) in [6.07, 6.45) is -0.892. The van der Waals surface area contributed by atoms with Gasteiger partial charge in [-0.15, -0.1) is 0 Å². The maximum atomic E-state index is 13.6. The normalized spacial score (nSPS) is 22.4. The van der Waals surface area contributed by atoms with Crippen molar-refractivity contribution in [1.82, 2.24) is 0 Å². The zero-order valence-corrected chi connectivity index (χ0v) is 18.4. The smallest absolute Gasteiger partial charge is 0.266 e. The molecule has 0 radical (unpaired) electrons. The molecule has 2 amide bonds. The summed E-state index contributed by atoms with van der Waals surface area (Å²) in [5.41, 5.74) is 3.23. The predicted molar refractivity (Wildman–Crippen MR) is 125 cm³/mol. The van der Waals surface area contributed by atoms with Crippen molar-refractivity contribution >= 4 is 40.5 Å². The first-order valence-corrected chi connectivity index (χ1v) is 10.8. The first-order chi connectivity index (χ1) is 15.5. The first kappa shape index (κ1) is 20.5. The molecule has 2 heterocycles. The van der Waals surface area contributed by atoms with E-state index in [-0.39, 0.29) is 11.8 Å². The third kappa shape index (κ3) is 3.32. The Bertz CT molecular complexity index is 1150. The molecule has 2 fully saturated rings. The molecule has 5 rings (SSSR count). The molecule has 0 aromatic heterocycles. The molecule has 162 valence electrons. The zero-order chi connectivity index (χ0) is 22.4. The predicted octanol–water partition coefficient (Wildman–Crippen LogP) is 4.46. The lowest BCUT2D eigenvalue weighted by molar-refractivity contribution is -0.126. The number of hydrogen-bond donors (Lipinski definition) is 0. The van der Waals surface area contributed by atoms with Crippen LogP contribution in [0.2, 0.25) is 5.02 Å². The Morgan fingerprint density at radius 3 is 2.09 bits per heavy atom. The second-order valence-corrected chi connectivity index (χ2v) is 8.57. The molecule has 2 aliphatic heterocycles. The van der Waals surface area contributed by atoms with Crippen LogP contribution in [-0.2, 0) is 14.4 Å². The molecule has 0 aliphatic carbocycles. The molecule has 32 heavy (non-hydrogen) atoms. The molecule has 2 aliphatic rings. The third-order valence-corrected chi connectivity index (χ3v) is 6.21. The average Bonchev–Trinajstić information content (AvgIpc) is 3.31. The Labute approximate surface area is 191 Å². The number of amides is 2. The third-order valence-electron chi connectivity index (χ3n) is 5.96. The molecular formula is C25H22ClN3O3. The molecular weight excluding hydrogens is 426 g/mol. The van der Waals surface area contributed by atoms with E-state index in [4.69, 9.17) is 16.4 Å². The van der Waals surface area contributed by atoms with Crippen LogP contribution in [0.5, 0.6) is 0 Å². The highest BCUT2D eigenvalue weighted by molar-refractivity contribution is 6.30. The van der Waals surface area contributed by atoms with Crippen LogP contribution >= 0.6 is 11.6 Å². The second kappa shape index (κ2) is 7.97. The van der Waals surface area contributed by atoms with Gasteiger partial charge in [-0.25, -0.2) is 9.96 Å². The van der Waals surface area contributed by atoms with Crippen LogP contribution in [0, 0.1) is 5.92 Å². The van der Waals surface area contributed by atoms with Gasteiger partial charge in [-0.05, 0) is 54.1 Å². The number of rotatable bonds is 4. The van der Waals surface area contributed by atoms with Gasteiger partial charge in [-0.2, -0.15) is 0 Å². The first-order valence-electron chi connectivity index (χ1n) is 10.4. The number of hydroxylamine groups is 1. The minimum absolute atomic E-state index is 0.260. The molecule has 7 heteroatoms. The topological polar surface area (TPSA) is 53.1 Å². The number of nitrogens with zero attached hydrogens (tertiary/aromatic N) is 3. The average molecular weight is 448 g/mol. The monoisotopic (exact) mass is 447 g/mol. The van der Waals surface area contributed by atoms with Gasteiger partial charge in [0.05, 0.1) is 17.4 Å². The van der Waals surface area contributed by atoms with E-state index in [0.717, 1.165) is 16.9 Å². The standard InChI is InChI=1S/C25H22ClN3O3/c1-27(2)18-12-8-16(9-13-18)22-21-23(32-29(22)20-14-10-17(26)11-15-20)25(31)28(24(21)30)19-6-4-3-5-7-19/h3-15,21-23H,1-2H3/t21-,22-,23+/m1/s1. The SMILES string of the molecule is CN(C)c1ccc([C@@H]2[C@H]3C(=O)N(c4ccccc4)C(=O)[C@H]3ON2c2ccc(Cl)cc2)cc1. The second-order valence-electron chi connectivity index (χ2n) is 8.13. The van der Waals surface area contributed by atoms with Gasteiger partial charge in [0.25, 0.3) is 5.91 Å². The van der Waals surface area contributed by atoms with E-state index in [9.17, 15) is 9.59 Å². The van der Waals surface area contributed by atoms with E-state index in [0.29, 0.717) is 10.7 Å². The van der Waals surface area contributed by atoms with Crippen LogP contribution in [0.1, 0.15) is 11.6 Å². The van der Waals surface area contributed by atoms with Crippen molar-refractivity contribution in [2.24, 2.45) is 5.92 Å². The van der Waals surface area contributed by atoms with Gasteiger partial charge in [0.15, 0.2) is 6.10 Å². The molecule has 0 bridgehead atoms. The van der Waals surface area contributed by atoms with Crippen LogP contribution in [0.4, 0.5) is 17.1 Å². The van der Waals surface area contributed by atoms with Crippen LogP contribution in [0.3, 0.4) is 0 Å². The summed E-state index contributed by atoms with van der Waals surface area (Å²) < 4.78 is 0. The van der Waals surface area contributed by atoms with E-state index in [1.807, 2.05) is 73.6 Å². The van der Waals surface area contributed by atoms with Gasteiger partial charge in [-0.3, -0.25) is 14.4 Å². The van der Waals surface area contributed by atoms with Crippen molar-refractivity contribution < 1.29 is 14.4 Å². The fourth-order valence-electron chi connectivity index (χ4n) is 4.37. The summed E-state index contributed by atoms with van der Waals surface area (Å²) in [5, 5.41) is 2.27. The highest BCUT2D eigenvalue weighted by Gasteiger charge is 2.60. The van der Waals surface area contributed by atoms with Crippen LogP contribution in [0.25, 0.3) is 0 Å². The Morgan fingerprint density at radius 1 is 0.812 bits per heavy atom. The summed E-state index contributed by atoms with van der Waals surface area (Å²) in [7, 11) is 3.95. The van der Waals surface area contributed by atoms with E-state index in [1.165, 1.54) is 4.90 Å². The summed E-state index contributed by atoms with van der Waals surface area (Å²) >= 11 is 6.07. The van der Waals surface area contributed by atoms with E-state index in [2.05, 4.69) is 0 Å². The molecule has 3 aromatic carbocycles. The quantitative estimate of drug-likeness (QED) is 0.553. The largest absolute Gasteiger partial charge is 0.378 e. The Balaban J connectivity index is 1.57. The van der Waals surface area contributed by atoms with Crippen molar-refractivity contribution in [1.29, 1.82) is 0 Å². The van der Waals surface area contributed by atoms with Gasteiger partial charge in [0.1, 0.15) is 5.92 Å². The fraction of sp³-hybridized carbons (Fsp3) is 0.200. The van der Waals surface area contributed by atoms with E-state index in [1.54, 1.807) is 29.3 Å². The van der Waals surface area contributed by atoms with E-state index >= 15 is 0 Å². The number of carbonyl (C=O) groups is 2. The molecule has 0 N–H and O–H groups in total. The van der Waals surface area contributed by atoms with Gasteiger partial charge >= 0.3 is 0 Å². The van der Waals surface area contributed by atoms with E-state index < -0.39 is 18.1 Å². The van der Waals surface area contributed by atoms with Crippen LogP contribution in [-0.4, -0.2) is 32.0 Å². The zero-order valence-electron chi connectivity index (χ0n) is 17.7. The number of para-hydroxylation sites is 1.